The molecule has 2 aliphatic heterocycles. The molecule has 1 saturated heterocycles. The number of para-hydroxylation sites is 2. The molecule has 1 N–H and O–H groups in total. The monoisotopic (exact) mass is 370 g/mol. The van der Waals surface area contributed by atoms with Crippen molar-refractivity contribution in [3.8, 4) is 11.5 Å². The summed E-state index contributed by atoms with van der Waals surface area (Å²) >= 11 is 0. The van der Waals surface area contributed by atoms with Crippen LogP contribution in [0.5, 0.6) is 11.5 Å². The molecule has 142 valence electrons. The lowest BCUT2D eigenvalue weighted by Gasteiger charge is -2.34. The standard InChI is InChI=1S/C20H22N2O5/c1-13-18(27-17-9-3-2-8-16(17)26-13)20(24)22-10-4-7-15(22)19(23)21-12-14-6-5-11-25-14/h2-3,5-6,8-9,11,13,15,18H,4,7,10,12H2,1H3,(H,21,23)/t13-,15-,18+/m0/s1. The van der Waals surface area contributed by atoms with Crippen molar-refractivity contribution in [1.29, 1.82) is 0 Å². The normalized spacial score (nSPS) is 23.9. The highest BCUT2D eigenvalue weighted by atomic mass is 16.6. The summed E-state index contributed by atoms with van der Waals surface area (Å²) in [5, 5.41) is 2.84. The fourth-order valence-corrected chi connectivity index (χ4v) is 3.56. The molecule has 2 aromatic rings. The summed E-state index contributed by atoms with van der Waals surface area (Å²) in [6, 6.07) is 10.3. The first-order valence-corrected chi connectivity index (χ1v) is 9.16. The molecule has 4 rings (SSSR count). The van der Waals surface area contributed by atoms with Crippen molar-refractivity contribution in [2.24, 2.45) is 0 Å². The number of amides is 2. The first-order valence-electron chi connectivity index (χ1n) is 9.16. The molecular weight excluding hydrogens is 348 g/mol. The summed E-state index contributed by atoms with van der Waals surface area (Å²) in [6.45, 7) is 2.64. The number of nitrogens with zero attached hydrogens (tertiary/aromatic N) is 1. The third kappa shape index (κ3) is 3.49. The van der Waals surface area contributed by atoms with Crippen LogP contribution in [0.1, 0.15) is 25.5 Å². The van der Waals surface area contributed by atoms with E-state index in [9.17, 15) is 9.59 Å². The average molecular weight is 370 g/mol. The Kier molecular flexibility index (Phi) is 4.75. The van der Waals surface area contributed by atoms with E-state index in [1.54, 1.807) is 36.3 Å². The second kappa shape index (κ2) is 7.34. The minimum Gasteiger partial charge on any atom is -0.482 e. The Bertz CT molecular complexity index is 820. The van der Waals surface area contributed by atoms with E-state index in [1.165, 1.54) is 0 Å². The maximum Gasteiger partial charge on any atom is 0.268 e. The number of likely N-dealkylation sites (tertiary alicyclic amines) is 1. The van der Waals surface area contributed by atoms with Gasteiger partial charge in [-0.3, -0.25) is 9.59 Å². The van der Waals surface area contributed by atoms with E-state index in [1.807, 2.05) is 18.2 Å². The molecule has 3 atom stereocenters. The number of carbonyl (C=O) groups is 2. The number of furan rings is 1. The average Bonchev–Trinajstić information content (AvgIpc) is 3.36. The van der Waals surface area contributed by atoms with Crippen LogP contribution >= 0.6 is 0 Å². The Morgan fingerprint density at radius 2 is 1.93 bits per heavy atom. The highest BCUT2D eigenvalue weighted by molar-refractivity contribution is 5.90. The van der Waals surface area contributed by atoms with Crippen molar-refractivity contribution in [3.63, 3.8) is 0 Å². The third-order valence-electron chi connectivity index (χ3n) is 4.94. The molecule has 7 nitrogen and oxygen atoms in total. The zero-order valence-corrected chi connectivity index (χ0v) is 15.1. The number of hydrogen-bond acceptors (Lipinski definition) is 5. The van der Waals surface area contributed by atoms with Crippen molar-refractivity contribution in [3.05, 3.63) is 48.4 Å². The molecule has 27 heavy (non-hydrogen) atoms. The van der Waals surface area contributed by atoms with Gasteiger partial charge in [0.25, 0.3) is 5.91 Å². The van der Waals surface area contributed by atoms with Gasteiger partial charge in [-0.2, -0.15) is 0 Å². The molecule has 7 heteroatoms. The van der Waals surface area contributed by atoms with E-state index >= 15 is 0 Å². The van der Waals surface area contributed by atoms with Crippen LogP contribution in [0.25, 0.3) is 0 Å². The van der Waals surface area contributed by atoms with Crippen molar-refractivity contribution in [2.75, 3.05) is 6.54 Å². The molecule has 3 heterocycles. The minimum atomic E-state index is -0.765. The molecule has 1 fully saturated rings. The number of fused-ring (bicyclic) bond motifs is 1. The molecular formula is C20H22N2O5. The Morgan fingerprint density at radius 1 is 1.15 bits per heavy atom. The van der Waals surface area contributed by atoms with Crippen LogP contribution in [0.15, 0.2) is 47.1 Å². The lowest BCUT2D eigenvalue weighted by Crippen LogP contribution is -2.54. The lowest BCUT2D eigenvalue weighted by molar-refractivity contribution is -0.148. The first kappa shape index (κ1) is 17.5. The summed E-state index contributed by atoms with van der Waals surface area (Å²) in [6.07, 6.45) is 1.78. The van der Waals surface area contributed by atoms with Gasteiger partial charge in [0.15, 0.2) is 11.5 Å². The fraction of sp³-hybridized carbons (Fsp3) is 0.400. The second-order valence-electron chi connectivity index (χ2n) is 6.79. The van der Waals surface area contributed by atoms with Gasteiger partial charge in [0.1, 0.15) is 17.9 Å². The fourth-order valence-electron chi connectivity index (χ4n) is 3.56. The first-order chi connectivity index (χ1) is 13.1. The van der Waals surface area contributed by atoms with Crippen molar-refractivity contribution < 1.29 is 23.5 Å². The predicted octanol–water partition coefficient (Wildman–Crippen LogP) is 2.12. The molecule has 0 aliphatic carbocycles. The number of carbonyl (C=O) groups excluding carboxylic acids is 2. The largest absolute Gasteiger partial charge is 0.482 e. The molecule has 2 amide bonds. The zero-order chi connectivity index (χ0) is 18.8. The molecule has 0 bridgehead atoms. The van der Waals surface area contributed by atoms with E-state index in [2.05, 4.69) is 5.32 Å². The van der Waals surface area contributed by atoms with Crippen molar-refractivity contribution >= 4 is 11.8 Å². The van der Waals surface area contributed by atoms with Crippen LogP contribution in [-0.4, -0.2) is 41.5 Å². The number of ether oxygens (including phenoxy) is 2. The van der Waals surface area contributed by atoms with Crippen molar-refractivity contribution in [1.82, 2.24) is 10.2 Å². The Morgan fingerprint density at radius 3 is 2.67 bits per heavy atom. The molecule has 0 saturated carbocycles. The maximum absolute atomic E-state index is 13.1. The van der Waals surface area contributed by atoms with E-state index in [4.69, 9.17) is 13.9 Å². The van der Waals surface area contributed by atoms with E-state index in [0.29, 0.717) is 36.8 Å². The number of rotatable bonds is 4. The van der Waals surface area contributed by atoms with Crippen LogP contribution in [0.2, 0.25) is 0 Å². The maximum atomic E-state index is 13.1. The smallest absolute Gasteiger partial charge is 0.268 e. The Balaban J connectivity index is 1.43. The van der Waals surface area contributed by atoms with Gasteiger partial charge in [-0.05, 0) is 44.0 Å². The molecule has 0 spiro atoms. The van der Waals surface area contributed by atoms with Gasteiger partial charge < -0.3 is 24.1 Å². The van der Waals surface area contributed by atoms with Gasteiger partial charge in [-0.15, -0.1) is 0 Å². The summed E-state index contributed by atoms with van der Waals surface area (Å²) in [7, 11) is 0. The molecule has 0 radical (unpaired) electrons. The third-order valence-corrected chi connectivity index (χ3v) is 4.94. The van der Waals surface area contributed by atoms with Gasteiger partial charge in [0.05, 0.1) is 12.8 Å². The van der Waals surface area contributed by atoms with E-state index < -0.39 is 18.2 Å². The van der Waals surface area contributed by atoms with Crippen LogP contribution in [0.3, 0.4) is 0 Å². The van der Waals surface area contributed by atoms with Crippen LogP contribution in [0, 0.1) is 0 Å². The molecule has 0 unspecified atom stereocenters. The molecule has 1 aromatic heterocycles. The zero-order valence-electron chi connectivity index (χ0n) is 15.1. The Hall–Kier alpha value is -2.96. The predicted molar refractivity (Wildman–Crippen MR) is 96.2 cm³/mol. The van der Waals surface area contributed by atoms with Gasteiger partial charge in [-0.25, -0.2) is 0 Å². The SMILES string of the molecule is C[C@@H]1Oc2ccccc2O[C@H]1C(=O)N1CCC[C@H]1C(=O)NCc1ccco1. The Labute approximate surface area is 157 Å². The van der Waals surface area contributed by atoms with Crippen molar-refractivity contribution in [2.45, 2.75) is 44.6 Å². The van der Waals surface area contributed by atoms with Gasteiger partial charge >= 0.3 is 0 Å². The second-order valence-corrected chi connectivity index (χ2v) is 6.79. The van der Waals surface area contributed by atoms with Gasteiger partial charge in [-0.1, -0.05) is 12.1 Å². The number of hydrogen-bond donors (Lipinski definition) is 1. The quantitative estimate of drug-likeness (QED) is 0.892. The topological polar surface area (TPSA) is 81.0 Å². The molecule has 1 aromatic carbocycles. The molecule has 2 aliphatic rings. The highest BCUT2D eigenvalue weighted by Crippen LogP contribution is 2.34. The highest BCUT2D eigenvalue weighted by Gasteiger charge is 2.42. The number of nitrogens with one attached hydrogen (secondary N) is 1. The van der Waals surface area contributed by atoms with Gasteiger partial charge in [0, 0.05) is 6.54 Å². The number of benzene rings is 1. The van der Waals surface area contributed by atoms with Crippen LogP contribution in [0.4, 0.5) is 0 Å². The van der Waals surface area contributed by atoms with E-state index in [0.717, 1.165) is 6.42 Å². The summed E-state index contributed by atoms with van der Waals surface area (Å²) < 4.78 is 17.0. The van der Waals surface area contributed by atoms with Gasteiger partial charge in [0.2, 0.25) is 12.0 Å². The van der Waals surface area contributed by atoms with Crippen LogP contribution < -0.4 is 14.8 Å². The summed E-state index contributed by atoms with van der Waals surface area (Å²) in [5.74, 6) is 1.46. The van der Waals surface area contributed by atoms with E-state index in [-0.39, 0.29) is 11.8 Å². The van der Waals surface area contributed by atoms with Crippen LogP contribution in [-0.2, 0) is 16.1 Å². The minimum absolute atomic E-state index is 0.179. The summed E-state index contributed by atoms with van der Waals surface area (Å²) in [5.41, 5.74) is 0. The lowest BCUT2D eigenvalue weighted by atomic mass is 10.1. The summed E-state index contributed by atoms with van der Waals surface area (Å²) in [4.78, 5) is 27.3.